The zero-order valence-electron chi connectivity index (χ0n) is 16.6. The van der Waals surface area contributed by atoms with Crippen LogP contribution < -0.4 is 10.1 Å². The number of halogens is 6. The Kier molecular flexibility index (Phi) is 6.68. The summed E-state index contributed by atoms with van der Waals surface area (Å²) in [5.41, 5.74) is -1.21. The Morgan fingerprint density at radius 2 is 1.88 bits per heavy atom. The van der Waals surface area contributed by atoms with Crippen LogP contribution in [0, 0.1) is 0 Å². The van der Waals surface area contributed by atoms with Gasteiger partial charge in [0.15, 0.2) is 0 Å². The average molecular weight is 475 g/mol. The van der Waals surface area contributed by atoms with Gasteiger partial charge in [0, 0.05) is 19.4 Å². The summed E-state index contributed by atoms with van der Waals surface area (Å²) >= 11 is 5.82. The molecule has 0 fully saturated rings. The standard InChI is InChI=1S/C20H16ClF5N4O2/c1-10(28-18(31)14-9-30(2)29-16(14)17(22)23)11-3-5-13(6-4-11)32-19-15(21)7-12(8-27-19)20(24,25)26/h3-10,17H,1-2H3,(H,28,31). The van der Waals surface area contributed by atoms with Crippen molar-refractivity contribution in [2.45, 2.75) is 25.6 Å². The van der Waals surface area contributed by atoms with E-state index in [0.29, 0.717) is 17.8 Å². The van der Waals surface area contributed by atoms with Gasteiger partial charge in [0.1, 0.15) is 16.5 Å². The molecular weight excluding hydrogens is 459 g/mol. The van der Waals surface area contributed by atoms with Crippen LogP contribution in [0.4, 0.5) is 22.0 Å². The lowest BCUT2D eigenvalue weighted by Gasteiger charge is -2.15. The Labute approximate surface area is 184 Å². The Hall–Kier alpha value is -3.21. The second-order valence-electron chi connectivity index (χ2n) is 6.78. The van der Waals surface area contributed by atoms with Gasteiger partial charge in [0.2, 0.25) is 5.88 Å². The predicted molar refractivity (Wildman–Crippen MR) is 105 cm³/mol. The van der Waals surface area contributed by atoms with Crippen LogP contribution in [0.5, 0.6) is 11.6 Å². The third-order valence-electron chi connectivity index (χ3n) is 4.39. The van der Waals surface area contributed by atoms with E-state index in [1.54, 1.807) is 19.1 Å². The van der Waals surface area contributed by atoms with Crippen molar-refractivity contribution in [3.63, 3.8) is 0 Å². The molecule has 1 amide bonds. The van der Waals surface area contributed by atoms with Crippen molar-refractivity contribution >= 4 is 17.5 Å². The Bertz CT molecular complexity index is 1120. The van der Waals surface area contributed by atoms with E-state index in [2.05, 4.69) is 15.4 Å². The lowest BCUT2D eigenvalue weighted by Crippen LogP contribution is -2.27. The molecule has 1 unspecified atom stereocenters. The zero-order chi connectivity index (χ0) is 23.6. The van der Waals surface area contributed by atoms with Crippen molar-refractivity contribution in [2.24, 2.45) is 7.05 Å². The van der Waals surface area contributed by atoms with E-state index in [9.17, 15) is 26.7 Å². The Morgan fingerprint density at radius 3 is 2.44 bits per heavy atom. The first-order valence-corrected chi connectivity index (χ1v) is 9.46. The highest BCUT2D eigenvalue weighted by molar-refractivity contribution is 6.31. The van der Waals surface area contributed by atoms with Gasteiger partial charge in [-0.25, -0.2) is 13.8 Å². The quantitative estimate of drug-likeness (QED) is 0.465. The van der Waals surface area contributed by atoms with E-state index in [1.807, 2.05) is 0 Å². The van der Waals surface area contributed by atoms with Crippen LogP contribution in [0.1, 0.15) is 46.6 Å². The maximum Gasteiger partial charge on any atom is 0.417 e. The van der Waals surface area contributed by atoms with Crippen molar-refractivity contribution in [2.75, 3.05) is 0 Å². The lowest BCUT2D eigenvalue weighted by atomic mass is 10.1. The van der Waals surface area contributed by atoms with Crippen LogP contribution in [-0.4, -0.2) is 20.7 Å². The van der Waals surface area contributed by atoms with Crippen molar-refractivity contribution in [1.82, 2.24) is 20.1 Å². The first kappa shape index (κ1) is 23.5. The molecule has 6 nitrogen and oxygen atoms in total. The van der Waals surface area contributed by atoms with E-state index in [4.69, 9.17) is 16.3 Å². The molecule has 12 heteroatoms. The van der Waals surface area contributed by atoms with Gasteiger partial charge in [-0.3, -0.25) is 9.48 Å². The number of aromatic nitrogens is 3. The smallest absolute Gasteiger partial charge is 0.417 e. The minimum atomic E-state index is -4.58. The molecule has 0 radical (unpaired) electrons. The number of benzene rings is 1. The third-order valence-corrected chi connectivity index (χ3v) is 4.66. The summed E-state index contributed by atoms with van der Waals surface area (Å²) < 4.78 is 70.7. The number of ether oxygens (including phenoxy) is 1. The first-order chi connectivity index (χ1) is 15.0. The molecule has 0 spiro atoms. The van der Waals surface area contributed by atoms with E-state index < -0.39 is 35.8 Å². The second kappa shape index (κ2) is 9.11. The van der Waals surface area contributed by atoms with Crippen LogP contribution >= 0.6 is 11.6 Å². The third kappa shape index (κ3) is 5.34. The summed E-state index contributed by atoms with van der Waals surface area (Å²) in [6.07, 6.45) is -5.65. The number of amides is 1. The zero-order valence-corrected chi connectivity index (χ0v) is 17.4. The van der Waals surface area contributed by atoms with E-state index in [-0.39, 0.29) is 22.2 Å². The summed E-state index contributed by atoms with van der Waals surface area (Å²) in [5, 5.41) is 5.90. The summed E-state index contributed by atoms with van der Waals surface area (Å²) in [6, 6.07) is 6.35. The molecule has 0 saturated heterocycles. The summed E-state index contributed by atoms with van der Waals surface area (Å²) in [6.45, 7) is 1.65. The number of alkyl halides is 5. The average Bonchev–Trinajstić information content (AvgIpc) is 3.11. The fourth-order valence-electron chi connectivity index (χ4n) is 2.79. The fourth-order valence-corrected chi connectivity index (χ4v) is 3.00. The number of carbonyl (C=O) groups is 1. The van der Waals surface area contributed by atoms with E-state index in [0.717, 1.165) is 4.68 Å². The van der Waals surface area contributed by atoms with E-state index >= 15 is 0 Å². The molecule has 3 aromatic rings. The maximum absolute atomic E-state index is 13.1. The molecule has 2 heterocycles. The fraction of sp³-hybridized carbons (Fsp3) is 0.250. The highest BCUT2D eigenvalue weighted by atomic mass is 35.5. The molecule has 32 heavy (non-hydrogen) atoms. The SMILES string of the molecule is CC(NC(=O)c1cn(C)nc1C(F)F)c1ccc(Oc2ncc(C(F)(F)F)cc2Cl)cc1. The lowest BCUT2D eigenvalue weighted by molar-refractivity contribution is -0.137. The minimum Gasteiger partial charge on any atom is -0.438 e. The number of nitrogens with one attached hydrogen (secondary N) is 1. The van der Waals surface area contributed by atoms with Gasteiger partial charge in [-0.05, 0) is 30.7 Å². The molecule has 3 rings (SSSR count). The molecule has 0 bridgehead atoms. The highest BCUT2D eigenvalue weighted by Crippen LogP contribution is 2.34. The Balaban J connectivity index is 1.69. The molecule has 0 saturated carbocycles. The van der Waals surface area contributed by atoms with Crippen LogP contribution in [0.25, 0.3) is 0 Å². The molecular formula is C20H16ClF5N4O2. The number of rotatable bonds is 6. The maximum atomic E-state index is 13.1. The number of nitrogens with zero attached hydrogens (tertiary/aromatic N) is 3. The van der Waals surface area contributed by atoms with Crippen LogP contribution in [0.3, 0.4) is 0 Å². The van der Waals surface area contributed by atoms with Crippen molar-refractivity contribution in [3.8, 4) is 11.6 Å². The van der Waals surface area contributed by atoms with Gasteiger partial charge < -0.3 is 10.1 Å². The first-order valence-electron chi connectivity index (χ1n) is 9.09. The monoisotopic (exact) mass is 474 g/mol. The van der Waals surface area contributed by atoms with Crippen molar-refractivity contribution < 1.29 is 31.5 Å². The molecule has 1 atom stereocenters. The summed E-state index contributed by atoms with van der Waals surface area (Å²) in [4.78, 5) is 16.0. The van der Waals surface area contributed by atoms with Crippen LogP contribution in [0.15, 0.2) is 42.7 Å². The normalized spacial score (nSPS) is 12.7. The topological polar surface area (TPSA) is 69.0 Å². The molecule has 170 valence electrons. The largest absolute Gasteiger partial charge is 0.438 e. The molecule has 2 aromatic heterocycles. The van der Waals surface area contributed by atoms with Crippen molar-refractivity contribution in [3.05, 3.63) is 70.1 Å². The summed E-state index contributed by atoms with van der Waals surface area (Å²) in [5.74, 6) is -0.666. The molecule has 0 aliphatic rings. The molecule has 0 aliphatic carbocycles. The number of hydrogen-bond acceptors (Lipinski definition) is 4. The molecule has 1 N–H and O–H groups in total. The van der Waals surface area contributed by atoms with Crippen LogP contribution in [-0.2, 0) is 13.2 Å². The van der Waals surface area contributed by atoms with Gasteiger partial charge in [-0.15, -0.1) is 0 Å². The van der Waals surface area contributed by atoms with Gasteiger partial charge in [0.25, 0.3) is 12.3 Å². The Morgan fingerprint density at radius 1 is 1.22 bits per heavy atom. The van der Waals surface area contributed by atoms with Gasteiger partial charge in [0.05, 0.1) is 17.2 Å². The number of hydrogen-bond donors (Lipinski definition) is 1. The second-order valence-corrected chi connectivity index (χ2v) is 7.18. The van der Waals surface area contributed by atoms with Crippen molar-refractivity contribution in [1.29, 1.82) is 0 Å². The van der Waals surface area contributed by atoms with Gasteiger partial charge in [-0.2, -0.15) is 18.3 Å². The highest BCUT2D eigenvalue weighted by Gasteiger charge is 2.32. The van der Waals surface area contributed by atoms with Gasteiger partial charge >= 0.3 is 6.18 Å². The predicted octanol–water partition coefficient (Wildman–Crippen LogP) is 5.71. The molecule has 1 aromatic carbocycles. The summed E-state index contributed by atoms with van der Waals surface area (Å²) in [7, 11) is 1.43. The number of aryl methyl sites for hydroxylation is 1. The van der Waals surface area contributed by atoms with Gasteiger partial charge in [-0.1, -0.05) is 23.7 Å². The minimum absolute atomic E-state index is 0.204. The number of carbonyl (C=O) groups excluding carboxylic acids is 1. The van der Waals surface area contributed by atoms with Crippen LogP contribution in [0.2, 0.25) is 5.02 Å². The number of pyridine rings is 1. The molecule has 0 aliphatic heterocycles. The van der Waals surface area contributed by atoms with E-state index in [1.165, 1.54) is 25.4 Å².